The van der Waals surface area contributed by atoms with Crippen molar-refractivity contribution in [3.05, 3.63) is 44.3 Å². The third-order valence-electron chi connectivity index (χ3n) is 3.16. The molecule has 7 heteroatoms. The van der Waals surface area contributed by atoms with Gasteiger partial charge in [0.25, 0.3) is 0 Å². The first-order valence-corrected chi connectivity index (χ1v) is 8.88. The van der Waals surface area contributed by atoms with Gasteiger partial charge in [0.05, 0.1) is 28.4 Å². The van der Waals surface area contributed by atoms with Crippen LogP contribution in [0.3, 0.4) is 0 Å². The molecule has 1 N–H and O–H groups in total. The zero-order valence-electron chi connectivity index (χ0n) is 12.9. The van der Waals surface area contributed by atoms with Gasteiger partial charge in [0, 0.05) is 16.8 Å². The molecule has 1 amide bonds. The molecular weight excluding hydrogens is 355 g/mol. The number of rotatable bonds is 7. The van der Waals surface area contributed by atoms with Crippen molar-refractivity contribution in [3.63, 3.8) is 0 Å². The van der Waals surface area contributed by atoms with Crippen LogP contribution in [0.4, 0.5) is 0 Å². The Bertz CT molecular complexity index is 676. The summed E-state index contributed by atoms with van der Waals surface area (Å²) in [5.74, 6) is 0.553. The predicted octanol–water partition coefficient (Wildman–Crippen LogP) is 4.79. The van der Waals surface area contributed by atoms with Crippen LogP contribution in [-0.4, -0.2) is 17.5 Å². The number of ether oxygens (including phenoxy) is 1. The van der Waals surface area contributed by atoms with Gasteiger partial charge in [-0.1, -0.05) is 23.2 Å². The predicted molar refractivity (Wildman–Crippen MR) is 94.6 cm³/mol. The number of halogens is 2. The summed E-state index contributed by atoms with van der Waals surface area (Å²) in [6.45, 7) is 4.29. The fourth-order valence-electron chi connectivity index (χ4n) is 1.97. The molecule has 0 radical (unpaired) electrons. The molecule has 2 rings (SSSR count). The Morgan fingerprint density at radius 1 is 1.43 bits per heavy atom. The lowest BCUT2D eigenvalue weighted by Gasteiger charge is -2.12. The number of amides is 1. The van der Waals surface area contributed by atoms with Gasteiger partial charge in [0.2, 0.25) is 5.91 Å². The first-order chi connectivity index (χ1) is 11.0. The second kappa shape index (κ2) is 8.52. The summed E-state index contributed by atoms with van der Waals surface area (Å²) in [4.78, 5) is 16.3. The second-order valence-electron chi connectivity index (χ2n) is 5.11. The fourth-order valence-corrected chi connectivity index (χ4v) is 3.14. The van der Waals surface area contributed by atoms with Crippen molar-refractivity contribution in [2.45, 2.75) is 32.7 Å². The van der Waals surface area contributed by atoms with E-state index in [-0.39, 0.29) is 11.9 Å². The van der Waals surface area contributed by atoms with Gasteiger partial charge < -0.3 is 10.1 Å². The molecule has 0 bridgehead atoms. The number of aryl methyl sites for hydroxylation is 1. The summed E-state index contributed by atoms with van der Waals surface area (Å²) in [5, 5.41) is 6.92. The zero-order chi connectivity index (χ0) is 16.8. The van der Waals surface area contributed by atoms with Gasteiger partial charge >= 0.3 is 0 Å². The Balaban J connectivity index is 1.70. The SMILES string of the molecule is Cc1nc(C(C)NC(=O)CCCOc2ccc(Cl)cc2Cl)cs1. The highest BCUT2D eigenvalue weighted by Gasteiger charge is 2.12. The van der Waals surface area contributed by atoms with Crippen LogP contribution in [0.25, 0.3) is 0 Å². The molecule has 0 aliphatic carbocycles. The normalized spacial score (nSPS) is 12.0. The van der Waals surface area contributed by atoms with Crippen molar-refractivity contribution in [2.75, 3.05) is 6.61 Å². The average Bonchev–Trinajstić information content (AvgIpc) is 2.92. The van der Waals surface area contributed by atoms with Gasteiger partial charge in [-0.15, -0.1) is 11.3 Å². The molecule has 1 aromatic heterocycles. The summed E-state index contributed by atoms with van der Waals surface area (Å²) in [6.07, 6.45) is 0.992. The molecule has 0 spiro atoms. The Labute approximate surface area is 149 Å². The monoisotopic (exact) mass is 372 g/mol. The minimum absolute atomic E-state index is 0.0195. The van der Waals surface area contributed by atoms with Crippen LogP contribution in [0.2, 0.25) is 10.0 Å². The fraction of sp³-hybridized carbons (Fsp3) is 0.375. The third kappa shape index (κ3) is 5.68. The highest BCUT2D eigenvalue weighted by Crippen LogP contribution is 2.27. The van der Waals surface area contributed by atoms with E-state index in [4.69, 9.17) is 27.9 Å². The van der Waals surface area contributed by atoms with Crippen LogP contribution in [0.1, 0.15) is 36.5 Å². The zero-order valence-corrected chi connectivity index (χ0v) is 15.3. The number of thiazole rings is 1. The molecular formula is C16H18Cl2N2O2S. The highest BCUT2D eigenvalue weighted by molar-refractivity contribution is 7.09. The Hall–Kier alpha value is -1.30. The van der Waals surface area contributed by atoms with E-state index in [1.807, 2.05) is 19.2 Å². The first-order valence-electron chi connectivity index (χ1n) is 7.25. The van der Waals surface area contributed by atoms with Crippen molar-refractivity contribution >= 4 is 40.4 Å². The van der Waals surface area contributed by atoms with Crippen LogP contribution < -0.4 is 10.1 Å². The van der Waals surface area contributed by atoms with Crippen LogP contribution in [0.5, 0.6) is 5.75 Å². The molecule has 0 fully saturated rings. The van der Waals surface area contributed by atoms with Crippen molar-refractivity contribution < 1.29 is 9.53 Å². The van der Waals surface area contributed by atoms with Gasteiger partial charge in [0.1, 0.15) is 5.75 Å². The van der Waals surface area contributed by atoms with Crippen molar-refractivity contribution in [2.24, 2.45) is 0 Å². The summed E-state index contributed by atoms with van der Waals surface area (Å²) in [6, 6.07) is 4.98. The number of aromatic nitrogens is 1. The molecule has 1 atom stereocenters. The quantitative estimate of drug-likeness (QED) is 0.710. The molecule has 4 nitrogen and oxygen atoms in total. The largest absolute Gasteiger partial charge is 0.492 e. The molecule has 0 aliphatic rings. The number of hydrogen-bond acceptors (Lipinski definition) is 4. The number of nitrogens with zero attached hydrogens (tertiary/aromatic N) is 1. The number of nitrogens with one attached hydrogen (secondary N) is 1. The molecule has 0 aliphatic heterocycles. The highest BCUT2D eigenvalue weighted by atomic mass is 35.5. The van der Waals surface area contributed by atoms with Crippen LogP contribution in [0.15, 0.2) is 23.6 Å². The number of hydrogen-bond donors (Lipinski definition) is 1. The lowest BCUT2D eigenvalue weighted by molar-refractivity contribution is -0.122. The molecule has 1 aromatic carbocycles. The Morgan fingerprint density at radius 3 is 2.87 bits per heavy atom. The maximum atomic E-state index is 11.9. The van der Waals surface area contributed by atoms with Crippen molar-refractivity contribution in [1.82, 2.24) is 10.3 Å². The van der Waals surface area contributed by atoms with Gasteiger partial charge in [0.15, 0.2) is 0 Å². The lowest BCUT2D eigenvalue weighted by atomic mass is 10.2. The molecule has 2 aromatic rings. The molecule has 23 heavy (non-hydrogen) atoms. The summed E-state index contributed by atoms with van der Waals surface area (Å²) in [5.41, 5.74) is 0.894. The van der Waals surface area contributed by atoms with Crippen molar-refractivity contribution in [3.8, 4) is 5.75 Å². The first kappa shape index (κ1) is 18.0. The van der Waals surface area contributed by atoms with E-state index in [2.05, 4.69) is 10.3 Å². The van der Waals surface area contributed by atoms with E-state index in [1.165, 1.54) is 0 Å². The second-order valence-corrected chi connectivity index (χ2v) is 7.01. The van der Waals surface area contributed by atoms with E-state index in [0.717, 1.165) is 10.7 Å². The van der Waals surface area contributed by atoms with E-state index >= 15 is 0 Å². The van der Waals surface area contributed by atoms with Gasteiger partial charge in [-0.25, -0.2) is 4.98 Å². The number of benzene rings is 1. The number of carbonyl (C=O) groups excluding carboxylic acids is 1. The molecule has 1 unspecified atom stereocenters. The lowest BCUT2D eigenvalue weighted by Crippen LogP contribution is -2.27. The minimum Gasteiger partial charge on any atom is -0.492 e. The Kier molecular flexibility index (Phi) is 6.69. The smallest absolute Gasteiger partial charge is 0.220 e. The topological polar surface area (TPSA) is 51.2 Å². The minimum atomic E-state index is -0.0842. The van der Waals surface area contributed by atoms with Gasteiger partial charge in [-0.2, -0.15) is 0 Å². The van der Waals surface area contributed by atoms with Crippen molar-refractivity contribution in [1.29, 1.82) is 0 Å². The standard InChI is InChI=1S/C16H18Cl2N2O2S/c1-10(14-9-23-11(2)20-14)19-16(21)4-3-7-22-15-6-5-12(17)8-13(15)18/h5-6,8-10H,3-4,7H2,1-2H3,(H,19,21). The third-order valence-corrected chi connectivity index (χ3v) is 4.48. The molecule has 1 heterocycles. The van der Waals surface area contributed by atoms with E-state index in [9.17, 15) is 4.79 Å². The van der Waals surface area contributed by atoms with Gasteiger partial charge in [-0.3, -0.25) is 4.79 Å². The summed E-state index contributed by atoms with van der Waals surface area (Å²) >= 11 is 13.4. The molecule has 0 saturated heterocycles. The van der Waals surface area contributed by atoms with Crippen LogP contribution >= 0.6 is 34.5 Å². The maximum Gasteiger partial charge on any atom is 0.220 e. The van der Waals surface area contributed by atoms with Crippen LogP contribution in [0, 0.1) is 6.92 Å². The van der Waals surface area contributed by atoms with E-state index in [1.54, 1.807) is 29.5 Å². The molecule has 0 saturated carbocycles. The summed E-state index contributed by atoms with van der Waals surface area (Å²) < 4.78 is 5.55. The Morgan fingerprint density at radius 2 is 2.22 bits per heavy atom. The maximum absolute atomic E-state index is 11.9. The van der Waals surface area contributed by atoms with Gasteiger partial charge in [-0.05, 0) is 38.5 Å². The molecule has 124 valence electrons. The van der Waals surface area contributed by atoms with Crippen LogP contribution in [-0.2, 0) is 4.79 Å². The van der Waals surface area contributed by atoms with E-state index < -0.39 is 0 Å². The van der Waals surface area contributed by atoms with E-state index in [0.29, 0.717) is 35.2 Å². The number of carbonyl (C=O) groups is 1. The average molecular weight is 373 g/mol. The summed E-state index contributed by atoms with van der Waals surface area (Å²) in [7, 11) is 0.